The molecule has 2 aliphatic heterocycles. The third-order valence-corrected chi connectivity index (χ3v) is 17.1. The number of hydrogen-bond donors (Lipinski definition) is 10. The summed E-state index contributed by atoms with van der Waals surface area (Å²) in [7, 11) is 0. The van der Waals surface area contributed by atoms with Crippen LogP contribution in [0.25, 0.3) is 0 Å². The molecule has 14 nitrogen and oxygen atoms in total. The van der Waals surface area contributed by atoms with Crippen molar-refractivity contribution in [3.63, 3.8) is 0 Å². The minimum atomic E-state index is -1.77. The number of fused-ring (bicyclic) bond motifs is 6. The monoisotopic (exact) mass is 796 g/mol. The van der Waals surface area contributed by atoms with Gasteiger partial charge in [-0.3, -0.25) is 0 Å². The summed E-state index contributed by atoms with van der Waals surface area (Å²) < 4.78 is 23.9. The molecule has 0 aromatic heterocycles. The predicted molar refractivity (Wildman–Crippen MR) is 200 cm³/mol. The molecule has 7 rings (SSSR count). The third-order valence-electron chi connectivity index (χ3n) is 17.1. The molecule has 320 valence electrons. The Labute approximate surface area is 330 Å². The van der Waals surface area contributed by atoms with E-state index in [4.69, 9.17) is 18.9 Å². The molecule has 0 spiro atoms. The van der Waals surface area contributed by atoms with E-state index in [1.54, 1.807) is 13.8 Å². The van der Waals surface area contributed by atoms with Crippen molar-refractivity contribution in [1.29, 1.82) is 0 Å². The van der Waals surface area contributed by atoms with Gasteiger partial charge in [0.1, 0.15) is 42.7 Å². The van der Waals surface area contributed by atoms with Gasteiger partial charge in [-0.2, -0.15) is 0 Å². The molecule has 0 radical (unpaired) electrons. The average molecular weight is 797 g/mol. The van der Waals surface area contributed by atoms with E-state index in [0.717, 1.165) is 24.8 Å². The van der Waals surface area contributed by atoms with Crippen LogP contribution in [-0.4, -0.2) is 150 Å². The van der Waals surface area contributed by atoms with Crippen LogP contribution in [0, 0.1) is 38.4 Å². The lowest BCUT2D eigenvalue weighted by Gasteiger charge is -2.72. The lowest BCUT2D eigenvalue weighted by Crippen LogP contribution is -2.74. The van der Waals surface area contributed by atoms with Gasteiger partial charge in [-0.15, -0.1) is 0 Å². The molecule has 7 aliphatic rings. The number of aliphatic hydroxyl groups is 10. The molecule has 19 atom stereocenters. The maximum absolute atomic E-state index is 13.2. The second-order valence-electron chi connectivity index (χ2n) is 20.4. The van der Waals surface area contributed by atoms with E-state index in [0.29, 0.717) is 32.1 Å². The largest absolute Gasteiger partial charge is 0.396 e. The standard InChI is InChI=1S/C42H68O14/c1-21-28(47)33(56-34-31(50)30(49)29(48)24(18-43)54-34)32(51)35(53-21)55-27-10-11-38(5)25-9-8-22-23-16-36(2,3)12-14-41(23,20-45)26(46)17-39(22,6)37(25,4)13-15-42(38,52)40(27,7)19-44/h8-9,21,24-35,43-52H,10-20H2,1-7H3/t21-,24-,25+,26-,27+,28+,29-,30+,31-,32-,33+,34+,35+,37-,38-,39-,40+,41-,42+/m1/s1. The van der Waals surface area contributed by atoms with Crippen molar-refractivity contribution in [2.24, 2.45) is 38.4 Å². The van der Waals surface area contributed by atoms with Crippen molar-refractivity contribution < 1.29 is 70.0 Å². The minimum absolute atomic E-state index is 0.0300. The van der Waals surface area contributed by atoms with Crippen LogP contribution in [0.4, 0.5) is 0 Å². The molecule has 5 aliphatic carbocycles. The van der Waals surface area contributed by atoms with E-state index >= 15 is 0 Å². The van der Waals surface area contributed by atoms with Gasteiger partial charge in [0.2, 0.25) is 0 Å². The van der Waals surface area contributed by atoms with Gasteiger partial charge in [0.15, 0.2) is 12.6 Å². The summed E-state index contributed by atoms with van der Waals surface area (Å²) in [6.45, 7) is 13.3. The fourth-order valence-corrected chi connectivity index (χ4v) is 12.9. The summed E-state index contributed by atoms with van der Waals surface area (Å²) in [4.78, 5) is 0. The highest BCUT2D eigenvalue weighted by Crippen LogP contribution is 2.75. The second kappa shape index (κ2) is 14.3. The van der Waals surface area contributed by atoms with Gasteiger partial charge in [-0.25, -0.2) is 0 Å². The molecular formula is C42H68O14. The molecule has 0 bridgehead atoms. The van der Waals surface area contributed by atoms with E-state index in [1.807, 2.05) is 0 Å². The quantitative estimate of drug-likeness (QED) is 0.161. The fraction of sp³-hybridized carbons (Fsp3) is 0.905. The van der Waals surface area contributed by atoms with Crippen LogP contribution >= 0.6 is 0 Å². The van der Waals surface area contributed by atoms with Crippen molar-refractivity contribution in [1.82, 2.24) is 0 Å². The van der Waals surface area contributed by atoms with Crippen molar-refractivity contribution in [3.8, 4) is 0 Å². The van der Waals surface area contributed by atoms with Gasteiger partial charge < -0.3 is 70.0 Å². The third kappa shape index (κ3) is 5.79. The molecule has 5 fully saturated rings. The highest BCUT2D eigenvalue weighted by molar-refractivity contribution is 5.47. The first kappa shape index (κ1) is 43.0. The number of allylic oxidation sites excluding steroid dienone is 3. The van der Waals surface area contributed by atoms with Gasteiger partial charge in [0.05, 0.1) is 43.7 Å². The Morgan fingerprint density at radius 1 is 0.732 bits per heavy atom. The van der Waals surface area contributed by atoms with Crippen molar-refractivity contribution >= 4 is 0 Å². The first-order valence-corrected chi connectivity index (χ1v) is 20.7. The molecule has 2 heterocycles. The molecule has 0 unspecified atom stereocenters. The Kier molecular flexibility index (Phi) is 11.0. The molecule has 10 N–H and O–H groups in total. The SMILES string of the molecule is C[C@H]1O[C@@H](O[C@H]2CC[C@]3(C)[C@H]4C=CC5=C6CC(C)(C)CC[C@]6(CO)[C@H](O)C[C@@]5(C)[C@]4(C)CC[C@@]3(O)[C@@]2(C)CO)[C@H](O)[C@@H](O[C@@H]2O[C@H](CO)[C@@H](O)[C@H](O)[C@H]2O)[C@H]1O. The Balaban J connectivity index is 1.18. The van der Waals surface area contributed by atoms with Gasteiger partial charge in [0, 0.05) is 21.7 Å². The Bertz CT molecular complexity index is 1550. The van der Waals surface area contributed by atoms with Gasteiger partial charge >= 0.3 is 0 Å². The van der Waals surface area contributed by atoms with Gasteiger partial charge in [-0.1, -0.05) is 59.3 Å². The van der Waals surface area contributed by atoms with E-state index in [2.05, 4.69) is 46.8 Å². The molecule has 3 saturated carbocycles. The topological polar surface area (TPSA) is 239 Å². The molecule has 2 saturated heterocycles. The van der Waals surface area contributed by atoms with Crippen LogP contribution in [-0.2, 0) is 18.9 Å². The van der Waals surface area contributed by atoms with Crippen molar-refractivity contribution in [2.45, 2.75) is 179 Å². The average Bonchev–Trinajstić information content (AvgIpc) is 3.15. The molecule has 0 aromatic rings. The summed E-state index contributed by atoms with van der Waals surface area (Å²) in [5.41, 5.74) is -2.57. The maximum atomic E-state index is 13.2. The fourth-order valence-electron chi connectivity index (χ4n) is 12.9. The zero-order valence-corrected chi connectivity index (χ0v) is 34.0. The van der Waals surface area contributed by atoms with Gasteiger partial charge in [-0.05, 0) is 80.6 Å². The van der Waals surface area contributed by atoms with Crippen molar-refractivity contribution in [2.75, 3.05) is 19.8 Å². The highest BCUT2D eigenvalue weighted by Gasteiger charge is 2.74. The lowest BCUT2D eigenvalue weighted by molar-refractivity contribution is -0.374. The van der Waals surface area contributed by atoms with Crippen LogP contribution in [0.15, 0.2) is 23.3 Å². The Hall–Kier alpha value is -1.08. The van der Waals surface area contributed by atoms with Crippen LogP contribution in [0.3, 0.4) is 0 Å². The smallest absolute Gasteiger partial charge is 0.187 e. The molecular weight excluding hydrogens is 728 g/mol. The van der Waals surface area contributed by atoms with E-state index in [9.17, 15) is 51.1 Å². The van der Waals surface area contributed by atoms with Crippen LogP contribution in [0.2, 0.25) is 0 Å². The summed E-state index contributed by atoms with van der Waals surface area (Å²) in [5, 5.41) is 111. The van der Waals surface area contributed by atoms with Crippen LogP contribution < -0.4 is 0 Å². The normalized spacial score (nSPS) is 55.5. The first-order valence-electron chi connectivity index (χ1n) is 20.7. The number of ether oxygens (including phenoxy) is 4. The van der Waals surface area contributed by atoms with Crippen LogP contribution in [0.5, 0.6) is 0 Å². The highest BCUT2D eigenvalue weighted by atomic mass is 16.7. The molecule has 0 amide bonds. The molecule has 0 aromatic carbocycles. The zero-order chi connectivity index (χ0) is 41.2. The second-order valence-corrected chi connectivity index (χ2v) is 20.4. The Morgan fingerprint density at radius 2 is 1.41 bits per heavy atom. The Morgan fingerprint density at radius 3 is 2.05 bits per heavy atom. The number of aliphatic hydroxyl groups excluding tert-OH is 9. The maximum Gasteiger partial charge on any atom is 0.187 e. The van der Waals surface area contributed by atoms with Gasteiger partial charge in [0.25, 0.3) is 0 Å². The summed E-state index contributed by atoms with van der Waals surface area (Å²) in [6.07, 6.45) is -7.26. The minimum Gasteiger partial charge on any atom is -0.396 e. The van der Waals surface area contributed by atoms with E-state index < -0.39 is 114 Å². The first-order chi connectivity index (χ1) is 26.0. The molecule has 56 heavy (non-hydrogen) atoms. The number of hydrogen-bond acceptors (Lipinski definition) is 14. The molecule has 14 heteroatoms. The summed E-state index contributed by atoms with van der Waals surface area (Å²) >= 11 is 0. The predicted octanol–water partition coefficient (Wildman–Crippen LogP) is 0.796. The zero-order valence-electron chi connectivity index (χ0n) is 34.0. The lowest BCUT2D eigenvalue weighted by atomic mass is 9.33. The van der Waals surface area contributed by atoms with E-state index in [1.165, 1.54) is 5.57 Å². The van der Waals surface area contributed by atoms with Crippen LogP contribution in [0.1, 0.15) is 99.8 Å². The number of rotatable bonds is 7. The van der Waals surface area contributed by atoms with E-state index in [-0.39, 0.29) is 23.4 Å². The van der Waals surface area contributed by atoms with Crippen molar-refractivity contribution in [3.05, 3.63) is 23.3 Å². The summed E-state index contributed by atoms with van der Waals surface area (Å²) in [5.74, 6) is -0.150. The summed E-state index contributed by atoms with van der Waals surface area (Å²) in [6, 6.07) is 0.